The molecule has 1 N–H and O–H groups in total. The summed E-state index contributed by atoms with van der Waals surface area (Å²) < 4.78 is 0. The molecule has 3 heteroatoms. The van der Waals surface area contributed by atoms with Crippen molar-refractivity contribution in [1.29, 1.82) is 0 Å². The second-order valence-corrected chi connectivity index (χ2v) is 8.96. The maximum Gasteiger partial charge on any atom is 0.0464 e. The molecule has 32 heavy (non-hydrogen) atoms. The van der Waals surface area contributed by atoms with E-state index in [2.05, 4.69) is 62.5 Å². The summed E-state index contributed by atoms with van der Waals surface area (Å²) >= 11 is 0. The van der Waals surface area contributed by atoms with Crippen molar-refractivity contribution in [3.05, 3.63) is 35.7 Å². The van der Waals surface area contributed by atoms with E-state index < -0.39 is 0 Å². The van der Waals surface area contributed by atoms with E-state index in [4.69, 9.17) is 0 Å². The van der Waals surface area contributed by atoms with Gasteiger partial charge in [0.15, 0.2) is 0 Å². The molecule has 3 rings (SSSR count). The fraction of sp³-hybridized carbons (Fsp3) is 0.759. The van der Waals surface area contributed by atoms with Crippen molar-refractivity contribution in [2.24, 2.45) is 16.3 Å². The molecule has 2 aliphatic carbocycles. The Labute approximate surface area is 201 Å². The topological polar surface area (TPSA) is 27.6 Å². The fourth-order valence-electron chi connectivity index (χ4n) is 5.53. The van der Waals surface area contributed by atoms with Crippen LogP contribution in [0.4, 0.5) is 0 Å². The van der Waals surface area contributed by atoms with Crippen LogP contribution in [0.1, 0.15) is 107 Å². The Morgan fingerprint density at radius 2 is 1.62 bits per heavy atom. The molecule has 3 fully saturated rings. The highest BCUT2D eigenvalue weighted by atomic mass is 15.2. The average molecular weight is 446 g/mol. The number of hydrogen-bond donors (Lipinski definition) is 1. The van der Waals surface area contributed by atoms with Crippen LogP contribution < -0.4 is 5.32 Å². The summed E-state index contributed by atoms with van der Waals surface area (Å²) in [6.45, 7) is 26.7. The van der Waals surface area contributed by atoms with Gasteiger partial charge in [-0.15, -0.1) is 0 Å². The normalized spacial score (nSPS) is 25.4. The van der Waals surface area contributed by atoms with Crippen LogP contribution in [0.5, 0.6) is 0 Å². The molecular weight excluding hydrogens is 390 g/mol. The predicted octanol–water partition coefficient (Wildman–Crippen LogP) is 8.16. The van der Waals surface area contributed by atoms with E-state index in [0.29, 0.717) is 0 Å². The molecule has 0 amide bonds. The fourth-order valence-corrected chi connectivity index (χ4v) is 5.53. The van der Waals surface area contributed by atoms with E-state index in [9.17, 15) is 0 Å². The van der Waals surface area contributed by atoms with Crippen molar-refractivity contribution in [3.63, 3.8) is 0 Å². The van der Waals surface area contributed by atoms with Crippen LogP contribution in [0.3, 0.4) is 0 Å². The summed E-state index contributed by atoms with van der Waals surface area (Å²) in [5, 5.41) is 3.38. The highest BCUT2D eigenvalue weighted by Gasteiger charge is 2.43. The van der Waals surface area contributed by atoms with Gasteiger partial charge in [-0.25, -0.2) is 0 Å². The minimum atomic E-state index is 0.861. The number of aliphatic imine (C=N–C) groups is 1. The molecule has 0 spiro atoms. The monoisotopic (exact) mass is 445 g/mol. The van der Waals surface area contributed by atoms with E-state index in [-0.39, 0.29) is 0 Å². The Balaban J connectivity index is 0.000000574. The van der Waals surface area contributed by atoms with Gasteiger partial charge in [0, 0.05) is 49.4 Å². The van der Waals surface area contributed by atoms with Gasteiger partial charge in [0.1, 0.15) is 0 Å². The van der Waals surface area contributed by atoms with Gasteiger partial charge >= 0.3 is 0 Å². The van der Waals surface area contributed by atoms with E-state index in [1.54, 1.807) is 38.3 Å². The zero-order chi connectivity index (χ0) is 24.6. The minimum absolute atomic E-state index is 0.861. The van der Waals surface area contributed by atoms with Crippen molar-refractivity contribution in [3.8, 4) is 0 Å². The van der Waals surface area contributed by atoms with E-state index in [0.717, 1.165) is 43.2 Å². The molecule has 0 aromatic rings. The van der Waals surface area contributed by atoms with Gasteiger partial charge in [-0.1, -0.05) is 53.7 Å². The van der Waals surface area contributed by atoms with Crippen LogP contribution in [0.15, 0.2) is 40.7 Å². The number of rotatable bonds is 6. The summed E-state index contributed by atoms with van der Waals surface area (Å²) in [5.41, 5.74) is 5.74. The molecule has 1 aliphatic heterocycles. The summed E-state index contributed by atoms with van der Waals surface area (Å²) in [7, 11) is 0. The van der Waals surface area contributed by atoms with Crippen molar-refractivity contribution in [2.45, 2.75) is 107 Å². The molecule has 0 radical (unpaired) electrons. The molecule has 0 aromatic heterocycles. The Bertz CT molecular complexity index is 598. The van der Waals surface area contributed by atoms with Crippen LogP contribution >= 0.6 is 0 Å². The standard InChI is InChI=1S/C15H25N3.C10H18.2C2H6/c1-6-12(3)15(13(4)17-7-2)14(5)18-10-8-16-9-11-18;1-2-5-10-6-3-9(8-10)4-7-10;2*1-2/h6-7,16H,2,8-11H2,1,3-5H3;9H,2-8H2,1H3;2*1-2H3/b12-6-,15-14+,17-13?;;;. The Hall–Kier alpha value is -1.35. The van der Waals surface area contributed by atoms with Crippen molar-refractivity contribution in [1.82, 2.24) is 10.2 Å². The molecule has 3 aliphatic rings. The lowest BCUT2D eigenvalue weighted by molar-refractivity contribution is 0.268. The van der Waals surface area contributed by atoms with Gasteiger partial charge in [0.25, 0.3) is 0 Å². The minimum Gasteiger partial charge on any atom is -0.372 e. The van der Waals surface area contributed by atoms with Gasteiger partial charge in [-0.2, -0.15) is 0 Å². The Morgan fingerprint density at radius 1 is 1.06 bits per heavy atom. The molecule has 0 unspecified atom stereocenters. The molecule has 1 saturated heterocycles. The molecule has 2 saturated carbocycles. The second kappa shape index (κ2) is 17.2. The van der Waals surface area contributed by atoms with Crippen LogP contribution in [-0.2, 0) is 0 Å². The van der Waals surface area contributed by atoms with Gasteiger partial charge in [0.05, 0.1) is 0 Å². The SMILES string of the molecule is C=CN=C(C)C(/C(C)=C\C)=C(\C)N1CCNCC1.CC.CC.CCCC12CCC(CC1)C2. The van der Waals surface area contributed by atoms with Gasteiger partial charge in [0.2, 0.25) is 0 Å². The smallest absolute Gasteiger partial charge is 0.0464 e. The van der Waals surface area contributed by atoms with Gasteiger partial charge in [-0.05, 0) is 83.1 Å². The summed E-state index contributed by atoms with van der Waals surface area (Å²) in [6, 6.07) is 0. The molecular formula is C29H55N3. The van der Waals surface area contributed by atoms with Crippen LogP contribution in [0.2, 0.25) is 0 Å². The Morgan fingerprint density at radius 3 is 2.03 bits per heavy atom. The number of fused-ring (bicyclic) bond motifs is 2. The largest absolute Gasteiger partial charge is 0.372 e. The lowest BCUT2D eigenvalue weighted by Gasteiger charge is -2.32. The number of nitrogens with zero attached hydrogens (tertiary/aromatic N) is 2. The first-order chi connectivity index (χ1) is 15.5. The molecule has 1 heterocycles. The lowest BCUT2D eigenvalue weighted by Crippen LogP contribution is -2.43. The maximum absolute atomic E-state index is 4.35. The number of nitrogens with one attached hydrogen (secondary N) is 1. The van der Waals surface area contributed by atoms with Gasteiger partial charge < -0.3 is 10.2 Å². The highest BCUT2D eigenvalue weighted by Crippen LogP contribution is 2.56. The second-order valence-electron chi connectivity index (χ2n) is 8.96. The average Bonchev–Trinajstić information content (AvgIpc) is 3.44. The number of hydrogen-bond acceptors (Lipinski definition) is 3. The van der Waals surface area contributed by atoms with Crippen LogP contribution in [0.25, 0.3) is 0 Å². The molecule has 3 nitrogen and oxygen atoms in total. The maximum atomic E-state index is 4.35. The molecule has 2 bridgehead atoms. The lowest BCUT2D eigenvalue weighted by atomic mass is 9.80. The van der Waals surface area contributed by atoms with E-state index >= 15 is 0 Å². The zero-order valence-electron chi connectivity index (χ0n) is 23.1. The molecule has 186 valence electrons. The highest BCUT2D eigenvalue weighted by molar-refractivity contribution is 6.02. The summed E-state index contributed by atoms with van der Waals surface area (Å²) in [4.78, 5) is 6.78. The van der Waals surface area contributed by atoms with Crippen molar-refractivity contribution >= 4 is 5.71 Å². The van der Waals surface area contributed by atoms with E-state index in [1.807, 2.05) is 27.7 Å². The third kappa shape index (κ3) is 9.25. The molecule has 0 atom stereocenters. The van der Waals surface area contributed by atoms with Crippen molar-refractivity contribution in [2.75, 3.05) is 26.2 Å². The van der Waals surface area contributed by atoms with Crippen LogP contribution in [-0.4, -0.2) is 36.8 Å². The predicted molar refractivity (Wildman–Crippen MR) is 146 cm³/mol. The number of allylic oxidation sites excluding steroid dienone is 4. The number of piperazine rings is 1. The summed E-state index contributed by atoms with van der Waals surface area (Å²) in [5.74, 6) is 1.14. The zero-order valence-corrected chi connectivity index (χ0v) is 23.1. The molecule has 0 aromatic carbocycles. The van der Waals surface area contributed by atoms with Crippen molar-refractivity contribution < 1.29 is 0 Å². The van der Waals surface area contributed by atoms with E-state index in [1.165, 1.54) is 29.7 Å². The first-order valence-corrected chi connectivity index (χ1v) is 13.4. The third-order valence-corrected chi connectivity index (χ3v) is 7.10. The quantitative estimate of drug-likeness (QED) is 0.330. The first-order valence-electron chi connectivity index (χ1n) is 13.4. The van der Waals surface area contributed by atoms with Gasteiger partial charge in [-0.3, -0.25) is 4.99 Å². The summed E-state index contributed by atoms with van der Waals surface area (Å²) in [6.07, 6.45) is 14.5. The Kier molecular flexibility index (Phi) is 16.4. The van der Waals surface area contributed by atoms with Crippen LogP contribution in [0, 0.1) is 11.3 Å². The first kappa shape index (κ1) is 30.6. The third-order valence-electron chi connectivity index (χ3n) is 7.10.